The number of aliphatic hydroxyl groups excluding tert-OH is 1. The van der Waals surface area contributed by atoms with Crippen LogP contribution in [0.3, 0.4) is 0 Å². The molecule has 4 atom stereocenters. The first-order valence-electron chi connectivity index (χ1n) is 11.1. The second-order valence-electron chi connectivity index (χ2n) is 8.69. The van der Waals surface area contributed by atoms with Gasteiger partial charge in [0.25, 0.3) is 10.0 Å². The third-order valence-corrected chi connectivity index (χ3v) is 7.78. The van der Waals surface area contributed by atoms with Crippen LogP contribution >= 0.6 is 0 Å². The Hall–Kier alpha value is -2.38. The summed E-state index contributed by atoms with van der Waals surface area (Å²) in [6.07, 6.45) is 1.89. The molecule has 2 N–H and O–H groups in total. The molecule has 0 spiro atoms. The van der Waals surface area contributed by atoms with Gasteiger partial charge in [0.1, 0.15) is 5.82 Å². The number of nitrogens with zero attached hydrogens (tertiary/aromatic N) is 3. The molecule has 0 unspecified atom stereocenters. The summed E-state index contributed by atoms with van der Waals surface area (Å²) in [7, 11) is -2.29. The van der Waals surface area contributed by atoms with E-state index in [0.717, 1.165) is 5.56 Å². The first-order chi connectivity index (χ1) is 16.2. The van der Waals surface area contributed by atoms with Gasteiger partial charge in [-0.25, -0.2) is 17.8 Å². The molecule has 1 amide bonds. The average Bonchev–Trinajstić information content (AvgIpc) is 3.23. The van der Waals surface area contributed by atoms with Crippen LogP contribution in [0, 0.1) is 5.82 Å². The minimum Gasteiger partial charge on any atom is -0.389 e. The van der Waals surface area contributed by atoms with Gasteiger partial charge in [-0.05, 0) is 30.5 Å². The number of β-amino-alcohol motifs (C(OH)–C–C–N with tert-alkyl or cyclic N) is 1. The molecule has 2 aromatic rings. The van der Waals surface area contributed by atoms with Crippen LogP contribution in [-0.4, -0.2) is 77.4 Å². The van der Waals surface area contributed by atoms with Crippen LogP contribution < -0.4 is 5.32 Å². The minimum absolute atomic E-state index is 0.0242. The summed E-state index contributed by atoms with van der Waals surface area (Å²) in [5, 5.41) is 13.0. The van der Waals surface area contributed by atoms with E-state index < -0.39 is 34.4 Å². The normalized spacial score (nSPS) is 26.3. The number of imidazole rings is 1. The number of aromatic nitrogens is 2. The van der Waals surface area contributed by atoms with Crippen LogP contribution in [0.25, 0.3) is 0 Å². The van der Waals surface area contributed by atoms with Crippen molar-refractivity contribution in [1.29, 1.82) is 0 Å². The lowest BCUT2D eigenvalue weighted by atomic mass is 9.96. The van der Waals surface area contributed by atoms with Gasteiger partial charge in [-0.2, -0.15) is 4.31 Å². The molecule has 10 nitrogen and oxygen atoms in total. The molecule has 2 saturated heterocycles. The number of aliphatic hydroxyl groups is 1. The highest BCUT2D eigenvalue weighted by atomic mass is 32.2. The van der Waals surface area contributed by atoms with E-state index in [4.69, 9.17) is 9.47 Å². The molecule has 0 radical (unpaired) electrons. The van der Waals surface area contributed by atoms with Gasteiger partial charge in [0, 0.05) is 26.3 Å². The Bertz CT molecular complexity index is 1090. The van der Waals surface area contributed by atoms with Crippen LogP contribution in [-0.2, 0) is 37.9 Å². The number of fused-ring (bicyclic) bond motifs is 1. The number of amides is 1. The maximum Gasteiger partial charge on any atom is 0.262 e. The summed E-state index contributed by atoms with van der Waals surface area (Å²) in [5.41, 5.74) is 0.779. The monoisotopic (exact) mass is 496 g/mol. The lowest BCUT2D eigenvalue weighted by molar-refractivity contribution is -0.146. The Balaban J connectivity index is 1.41. The van der Waals surface area contributed by atoms with Crippen LogP contribution in [0.4, 0.5) is 4.39 Å². The standard InChI is InChI=1S/C22H29FN4O6S/c1-26-11-22(25-14-26)34(30,31)27-10-17(28)12-32-13-20-19(27)7-6-18(33-20)8-21(29)24-9-15-2-4-16(23)5-3-15/h2-5,11,14,17-20,28H,6-10,12-13H2,1H3,(H,24,29)/t17-,18-,19-,20+/m1/s1. The van der Waals surface area contributed by atoms with E-state index in [-0.39, 0.29) is 49.5 Å². The molecule has 0 saturated carbocycles. The predicted molar refractivity (Wildman–Crippen MR) is 118 cm³/mol. The highest BCUT2D eigenvalue weighted by Gasteiger charge is 2.43. The first-order valence-corrected chi connectivity index (χ1v) is 12.6. The highest BCUT2D eigenvalue weighted by Crippen LogP contribution is 2.31. The number of carbonyl (C=O) groups is 1. The topological polar surface area (TPSA) is 123 Å². The van der Waals surface area contributed by atoms with Crippen molar-refractivity contribution < 1.29 is 32.2 Å². The third-order valence-electron chi connectivity index (χ3n) is 6.00. The Morgan fingerprint density at radius 1 is 1.26 bits per heavy atom. The van der Waals surface area contributed by atoms with Crippen molar-refractivity contribution in [3.8, 4) is 0 Å². The maximum absolute atomic E-state index is 13.3. The molecule has 12 heteroatoms. The SMILES string of the molecule is Cn1cnc(S(=O)(=O)N2C[C@@H](O)COC[C@@H]3O[C@@H](CC(=O)NCc4ccc(F)cc4)CC[C@H]32)c1. The largest absolute Gasteiger partial charge is 0.389 e. The van der Waals surface area contributed by atoms with E-state index in [0.29, 0.717) is 12.8 Å². The van der Waals surface area contributed by atoms with Crippen LogP contribution in [0.2, 0.25) is 0 Å². The fourth-order valence-electron chi connectivity index (χ4n) is 4.29. The molecule has 186 valence electrons. The summed E-state index contributed by atoms with van der Waals surface area (Å²) in [5.74, 6) is -0.554. The Morgan fingerprint density at radius 3 is 2.74 bits per heavy atom. The van der Waals surface area contributed by atoms with Crippen molar-refractivity contribution >= 4 is 15.9 Å². The molecule has 0 bridgehead atoms. The molecule has 1 aromatic heterocycles. The Labute approximate surface area is 197 Å². The molecule has 1 aromatic carbocycles. The summed E-state index contributed by atoms with van der Waals surface area (Å²) in [4.78, 5) is 16.4. The van der Waals surface area contributed by atoms with Gasteiger partial charge in [0.05, 0.1) is 50.3 Å². The van der Waals surface area contributed by atoms with E-state index in [1.165, 1.54) is 29.0 Å². The van der Waals surface area contributed by atoms with E-state index in [9.17, 15) is 22.7 Å². The highest BCUT2D eigenvalue weighted by molar-refractivity contribution is 7.89. The van der Waals surface area contributed by atoms with E-state index in [2.05, 4.69) is 10.3 Å². The molecule has 34 heavy (non-hydrogen) atoms. The molecular formula is C22H29FN4O6S. The van der Waals surface area contributed by atoms with Gasteiger partial charge in [-0.15, -0.1) is 0 Å². The zero-order chi connectivity index (χ0) is 24.3. The van der Waals surface area contributed by atoms with Crippen molar-refractivity contribution in [3.05, 3.63) is 48.2 Å². The molecule has 3 heterocycles. The first kappa shape index (κ1) is 24.7. The second kappa shape index (κ2) is 10.5. The molecular weight excluding hydrogens is 467 g/mol. The lowest BCUT2D eigenvalue weighted by Gasteiger charge is -2.43. The van der Waals surface area contributed by atoms with Crippen molar-refractivity contribution in [1.82, 2.24) is 19.2 Å². The predicted octanol–water partition coefficient (Wildman–Crippen LogP) is 0.564. The van der Waals surface area contributed by atoms with Crippen molar-refractivity contribution in [3.63, 3.8) is 0 Å². The Morgan fingerprint density at radius 2 is 2.03 bits per heavy atom. The minimum atomic E-state index is -3.97. The zero-order valence-corrected chi connectivity index (χ0v) is 19.7. The van der Waals surface area contributed by atoms with Gasteiger partial charge in [-0.3, -0.25) is 4.79 Å². The van der Waals surface area contributed by atoms with Crippen LogP contribution in [0.5, 0.6) is 0 Å². The number of rotatable bonds is 6. The number of ether oxygens (including phenoxy) is 2. The molecule has 2 aliphatic heterocycles. The van der Waals surface area contributed by atoms with E-state index in [1.807, 2.05) is 0 Å². The number of sulfonamides is 1. The smallest absolute Gasteiger partial charge is 0.262 e. The van der Waals surface area contributed by atoms with Crippen LogP contribution in [0.1, 0.15) is 24.8 Å². The molecule has 2 fully saturated rings. The number of halogens is 1. The van der Waals surface area contributed by atoms with Crippen molar-refractivity contribution in [2.45, 2.75) is 55.2 Å². The van der Waals surface area contributed by atoms with E-state index in [1.54, 1.807) is 23.7 Å². The van der Waals surface area contributed by atoms with Gasteiger partial charge in [-0.1, -0.05) is 12.1 Å². The number of benzene rings is 1. The summed E-state index contributed by atoms with van der Waals surface area (Å²) >= 11 is 0. The zero-order valence-electron chi connectivity index (χ0n) is 18.8. The quantitative estimate of drug-likeness (QED) is 0.599. The van der Waals surface area contributed by atoms with Crippen molar-refractivity contribution in [2.75, 3.05) is 19.8 Å². The van der Waals surface area contributed by atoms with Crippen molar-refractivity contribution in [2.24, 2.45) is 7.05 Å². The average molecular weight is 497 g/mol. The second-order valence-corrected chi connectivity index (χ2v) is 10.5. The van der Waals surface area contributed by atoms with Crippen LogP contribution in [0.15, 0.2) is 41.8 Å². The van der Waals surface area contributed by atoms with Gasteiger partial charge in [0.15, 0.2) is 5.03 Å². The lowest BCUT2D eigenvalue weighted by Crippen LogP contribution is -2.57. The van der Waals surface area contributed by atoms with Gasteiger partial charge < -0.3 is 24.5 Å². The number of nitrogens with one attached hydrogen (secondary N) is 1. The summed E-state index contributed by atoms with van der Waals surface area (Å²) in [6, 6.07) is 5.33. The molecule has 4 rings (SSSR count). The van der Waals surface area contributed by atoms with E-state index >= 15 is 0 Å². The molecule has 2 aliphatic rings. The number of hydrogen-bond donors (Lipinski definition) is 2. The van der Waals surface area contributed by atoms with Gasteiger partial charge >= 0.3 is 0 Å². The third kappa shape index (κ3) is 5.81. The fourth-order valence-corrected chi connectivity index (χ4v) is 5.98. The van der Waals surface area contributed by atoms with Gasteiger partial charge in [0.2, 0.25) is 5.91 Å². The summed E-state index contributed by atoms with van der Waals surface area (Å²) < 4.78 is 54.1. The number of carbonyl (C=O) groups excluding carboxylic acids is 1. The summed E-state index contributed by atoms with van der Waals surface area (Å²) in [6.45, 7) is 0.217. The molecule has 0 aliphatic carbocycles. The Kier molecular flexibility index (Phi) is 7.63. The maximum atomic E-state index is 13.3. The fraction of sp³-hybridized carbons (Fsp3) is 0.545. The number of hydrogen-bond acceptors (Lipinski definition) is 7. The number of aryl methyl sites for hydroxylation is 1.